The number of carbonyl (C=O) groups is 1. The molecule has 2 heterocycles. The van der Waals surface area contributed by atoms with Crippen LogP contribution >= 0.6 is 11.3 Å². The smallest absolute Gasteiger partial charge is 0.253 e. The van der Waals surface area contributed by atoms with Crippen LogP contribution in [0, 0.1) is 6.92 Å². The summed E-state index contributed by atoms with van der Waals surface area (Å²) in [6.45, 7) is 5.01. The van der Waals surface area contributed by atoms with Crippen LogP contribution in [-0.2, 0) is 14.3 Å². The van der Waals surface area contributed by atoms with Crippen molar-refractivity contribution in [1.29, 1.82) is 0 Å². The zero-order chi connectivity index (χ0) is 16.9. The van der Waals surface area contributed by atoms with Gasteiger partial charge in [-0.15, -0.1) is 11.3 Å². The maximum absolute atomic E-state index is 12.2. The largest absolute Gasteiger partial charge is 0.376 e. The molecule has 1 saturated heterocycles. The van der Waals surface area contributed by atoms with Crippen molar-refractivity contribution in [3.8, 4) is 11.3 Å². The highest BCUT2D eigenvalue weighted by Gasteiger charge is 2.20. The number of carbonyl (C=O) groups excluding carboxylic acids is 1. The van der Waals surface area contributed by atoms with E-state index in [0.717, 1.165) is 41.4 Å². The molecular formula is C18H22N2O3S. The van der Waals surface area contributed by atoms with E-state index in [0.29, 0.717) is 6.61 Å². The molecule has 0 radical (unpaired) electrons. The molecule has 0 saturated carbocycles. The fourth-order valence-electron chi connectivity index (χ4n) is 2.57. The predicted octanol–water partition coefficient (Wildman–Crippen LogP) is 3.64. The Morgan fingerprint density at radius 2 is 2.25 bits per heavy atom. The zero-order valence-corrected chi connectivity index (χ0v) is 14.8. The summed E-state index contributed by atoms with van der Waals surface area (Å²) in [5, 5.41) is 5.95. The van der Waals surface area contributed by atoms with E-state index >= 15 is 0 Å². The van der Waals surface area contributed by atoms with Crippen molar-refractivity contribution in [3.05, 3.63) is 34.7 Å². The number of thiazole rings is 1. The Balaban J connectivity index is 1.52. The van der Waals surface area contributed by atoms with Crippen LogP contribution in [0.2, 0.25) is 0 Å². The molecule has 128 valence electrons. The quantitative estimate of drug-likeness (QED) is 0.867. The number of benzene rings is 1. The number of ether oxygens (including phenoxy) is 2. The van der Waals surface area contributed by atoms with Crippen LogP contribution in [-0.4, -0.2) is 36.3 Å². The number of nitrogens with one attached hydrogen (secondary N) is 1. The monoisotopic (exact) mass is 346 g/mol. The van der Waals surface area contributed by atoms with Gasteiger partial charge >= 0.3 is 0 Å². The van der Waals surface area contributed by atoms with Crippen LogP contribution in [0.1, 0.15) is 24.8 Å². The molecule has 0 spiro atoms. The molecule has 0 unspecified atom stereocenters. The molecule has 0 bridgehead atoms. The summed E-state index contributed by atoms with van der Waals surface area (Å²) in [5.41, 5.74) is 2.76. The van der Waals surface area contributed by atoms with Gasteiger partial charge < -0.3 is 14.8 Å². The van der Waals surface area contributed by atoms with Crippen LogP contribution in [0.3, 0.4) is 0 Å². The number of hydrogen-bond donors (Lipinski definition) is 1. The van der Waals surface area contributed by atoms with E-state index in [4.69, 9.17) is 9.47 Å². The third-order valence-electron chi connectivity index (χ3n) is 3.99. The van der Waals surface area contributed by atoms with Gasteiger partial charge in [-0.05, 0) is 38.8 Å². The second kappa shape index (κ2) is 7.88. The fourth-order valence-corrected chi connectivity index (χ4v) is 3.19. The molecule has 1 aromatic carbocycles. The summed E-state index contributed by atoms with van der Waals surface area (Å²) in [7, 11) is 0. The molecule has 5 nitrogen and oxygen atoms in total. The van der Waals surface area contributed by atoms with Gasteiger partial charge in [0.25, 0.3) is 5.91 Å². The Labute approximate surface area is 146 Å². The Hall–Kier alpha value is -1.76. The van der Waals surface area contributed by atoms with E-state index in [9.17, 15) is 4.79 Å². The molecule has 1 aromatic heterocycles. The van der Waals surface area contributed by atoms with Crippen LogP contribution in [0.15, 0.2) is 29.6 Å². The molecule has 0 aliphatic carbocycles. The highest BCUT2D eigenvalue weighted by atomic mass is 32.1. The van der Waals surface area contributed by atoms with Crippen LogP contribution in [0.5, 0.6) is 0 Å². The van der Waals surface area contributed by atoms with Gasteiger partial charge in [0.1, 0.15) is 6.10 Å². The van der Waals surface area contributed by atoms with Gasteiger partial charge in [0.2, 0.25) is 0 Å². The Bertz CT molecular complexity index is 678. The normalized spacial score (nSPS) is 18.5. The van der Waals surface area contributed by atoms with Crippen molar-refractivity contribution in [2.24, 2.45) is 0 Å². The molecule has 24 heavy (non-hydrogen) atoms. The van der Waals surface area contributed by atoms with Gasteiger partial charge in [-0.2, -0.15) is 0 Å². The highest BCUT2D eigenvalue weighted by molar-refractivity contribution is 7.09. The zero-order valence-electron chi connectivity index (χ0n) is 14.0. The van der Waals surface area contributed by atoms with E-state index < -0.39 is 6.10 Å². The molecule has 6 heteroatoms. The van der Waals surface area contributed by atoms with E-state index in [2.05, 4.69) is 10.3 Å². The summed E-state index contributed by atoms with van der Waals surface area (Å²) < 4.78 is 11.1. The lowest BCUT2D eigenvalue weighted by molar-refractivity contribution is -0.128. The summed E-state index contributed by atoms with van der Waals surface area (Å²) in [4.78, 5) is 16.6. The number of amides is 1. The summed E-state index contributed by atoms with van der Waals surface area (Å²) in [6.07, 6.45) is 1.70. The van der Waals surface area contributed by atoms with Crippen molar-refractivity contribution in [1.82, 2.24) is 4.98 Å². The SMILES string of the molecule is Cc1nc(-c2ccc(NC(=O)[C@@H](C)OC[C@@H]3CCCO3)cc2)cs1. The lowest BCUT2D eigenvalue weighted by Gasteiger charge is -2.16. The maximum atomic E-state index is 12.2. The van der Waals surface area contributed by atoms with Gasteiger partial charge in [0.15, 0.2) is 0 Å². The Kier molecular flexibility index (Phi) is 5.60. The first-order chi connectivity index (χ1) is 11.6. The standard InChI is InChI=1S/C18H22N2O3S/c1-12(23-10-16-4-3-9-22-16)18(21)20-15-7-5-14(6-8-15)17-11-24-13(2)19-17/h5-8,11-12,16H,3-4,9-10H2,1-2H3,(H,20,21)/t12-,16+/m1/s1. The molecule has 2 aromatic rings. The number of anilines is 1. The fraction of sp³-hybridized carbons (Fsp3) is 0.444. The second-order valence-corrected chi connectivity index (χ2v) is 6.99. The van der Waals surface area contributed by atoms with Gasteiger partial charge in [-0.3, -0.25) is 4.79 Å². The molecule has 1 aliphatic rings. The third kappa shape index (κ3) is 4.41. The molecule has 1 amide bonds. The van der Waals surface area contributed by atoms with E-state index in [-0.39, 0.29) is 12.0 Å². The summed E-state index contributed by atoms with van der Waals surface area (Å²) in [5.74, 6) is -0.148. The molecule has 1 N–H and O–H groups in total. The van der Waals surface area contributed by atoms with Gasteiger partial charge in [-0.1, -0.05) is 12.1 Å². The molecule has 1 aliphatic heterocycles. The van der Waals surface area contributed by atoms with Crippen LogP contribution in [0.25, 0.3) is 11.3 Å². The topological polar surface area (TPSA) is 60.5 Å². The number of aromatic nitrogens is 1. The average Bonchev–Trinajstić information content (AvgIpc) is 3.25. The minimum Gasteiger partial charge on any atom is -0.376 e. The number of aryl methyl sites for hydroxylation is 1. The van der Waals surface area contributed by atoms with E-state index in [1.54, 1.807) is 18.3 Å². The first-order valence-corrected chi connectivity index (χ1v) is 9.06. The van der Waals surface area contributed by atoms with E-state index in [1.807, 2.05) is 36.6 Å². The maximum Gasteiger partial charge on any atom is 0.253 e. The lowest BCUT2D eigenvalue weighted by atomic mass is 10.1. The van der Waals surface area contributed by atoms with Crippen molar-refractivity contribution < 1.29 is 14.3 Å². The van der Waals surface area contributed by atoms with Crippen molar-refractivity contribution in [3.63, 3.8) is 0 Å². The molecular weight excluding hydrogens is 324 g/mol. The van der Waals surface area contributed by atoms with Gasteiger partial charge in [0.05, 0.1) is 23.4 Å². The minimum atomic E-state index is -0.505. The van der Waals surface area contributed by atoms with E-state index in [1.165, 1.54) is 0 Å². The molecule has 3 rings (SSSR count). The van der Waals surface area contributed by atoms with Crippen LogP contribution < -0.4 is 5.32 Å². The average molecular weight is 346 g/mol. The molecule has 2 atom stereocenters. The molecule has 1 fully saturated rings. The third-order valence-corrected chi connectivity index (χ3v) is 4.77. The lowest BCUT2D eigenvalue weighted by Crippen LogP contribution is -2.30. The highest BCUT2D eigenvalue weighted by Crippen LogP contribution is 2.23. The Morgan fingerprint density at radius 1 is 1.46 bits per heavy atom. The first kappa shape index (κ1) is 17.1. The van der Waals surface area contributed by atoms with Crippen molar-refractivity contribution >= 4 is 22.9 Å². The van der Waals surface area contributed by atoms with Crippen molar-refractivity contribution in [2.45, 2.75) is 38.9 Å². The first-order valence-electron chi connectivity index (χ1n) is 8.18. The van der Waals surface area contributed by atoms with Crippen LogP contribution in [0.4, 0.5) is 5.69 Å². The second-order valence-electron chi connectivity index (χ2n) is 5.93. The van der Waals surface area contributed by atoms with Gasteiger partial charge in [0, 0.05) is 23.2 Å². The predicted molar refractivity (Wildman–Crippen MR) is 95.3 cm³/mol. The Morgan fingerprint density at radius 3 is 2.88 bits per heavy atom. The summed E-state index contributed by atoms with van der Waals surface area (Å²) in [6, 6.07) is 7.69. The van der Waals surface area contributed by atoms with Crippen molar-refractivity contribution in [2.75, 3.05) is 18.5 Å². The number of nitrogens with zero attached hydrogens (tertiary/aromatic N) is 1. The number of hydrogen-bond acceptors (Lipinski definition) is 5. The summed E-state index contributed by atoms with van der Waals surface area (Å²) >= 11 is 1.63. The minimum absolute atomic E-state index is 0.126. The van der Waals surface area contributed by atoms with Gasteiger partial charge in [-0.25, -0.2) is 4.98 Å². The number of rotatable bonds is 6.